The van der Waals surface area contributed by atoms with Crippen molar-refractivity contribution >= 4 is 45.5 Å². The van der Waals surface area contributed by atoms with Crippen LogP contribution in [0.2, 0.25) is 0 Å². The van der Waals surface area contributed by atoms with Crippen LogP contribution in [0, 0.1) is 0 Å². The summed E-state index contributed by atoms with van der Waals surface area (Å²) < 4.78 is 49.8. The van der Waals surface area contributed by atoms with Gasteiger partial charge in [-0.05, 0) is 48.4 Å². The third kappa shape index (κ3) is 4.11. The molecule has 152 valence electrons. The first-order valence-corrected chi connectivity index (χ1v) is 9.56. The van der Waals surface area contributed by atoms with Crippen LogP contribution < -0.4 is 14.4 Å². The fraction of sp³-hybridized carbons (Fsp3) is 0.200. The van der Waals surface area contributed by atoms with Gasteiger partial charge in [-0.2, -0.15) is 13.2 Å². The van der Waals surface area contributed by atoms with Gasteiger partial charge in [-0.3, -0.25) is 9.69 Å². The normalized spacial score (nSPS) is 16.3. The lowest BCUT2D eigenvalue weighted by atomic mass is 10.1. The first-order chi connectivity index (χ1) is 13.7. The van der Waals surface area contributed by atoms with Gasteiger partial charge < -0.3 is 9.47 Å². The Morgan fingerprint density at radius 1 is 1.07 bits per heavy atom. The summed E-state index contributed by atoms with van der Waals surface area (Å²) in [5.41, 5.74) is 0.590. The van der Waals surface area contributed by atoms with E-state index in [0.29, 0.717) is 27.5 Å². The number of carbonyl (C=O) groups excluding carboxylic acids is 1. The van der Waals surface area contributed by atoms with E-state index in [4.69, 9.17) is 21.7 Å². The molecule has 0 N–H and O–H groups in total. The van der Waals surface area contributed by atoms with Crippen LogP contribution >= 0.6 is 24.0 Å². The topological polar surface area (TPSA) is 38.8 Å². The molecule has 1 heterocycles. The largest absolute Gasteiger partial charge is 0.493 e. The molecule has 29 heavy (non-hydrogen) atoms. The summed E-state index contributed by atoms with van der Waals surface area (Å²) in [5, 5.41) is 0. The third-order valence-electron chi connectivity index (χ3n) is 4.36. The van der Waals surface area contributed by atoms with Gasteiger partial charge in [0.05, 0.1) is 30.4 Å². The lowest BCUT2D eigenvalue weighted by molar-refractivity contribution is -0.137. The molecule has 0 unspecified atom stereocenters. The van der Waals surface area contributed by atoms with Crippen LogP contribution in [-0.4, -0.2) is 24.4 Å². The third-order valence-corrected chi connectivity index (χ3v) is 5.83. The Morgan fingerprint density at radius 3 is 2.38 bits per heavy atom. The highest BCUT2D eigenvalue weighted by Crippen LogP contribution is 2.41. The second-order valence-electron chi connectivity index (χ2n) is 6.08. The molecule has 3 rings (SSSR count). The summed E-state index contributed by atoms with van der Waals surface area (Å²) in [6.07, 6.45) is -4.51. The molecule has 1 aliphatic heterocycles. The van der Waals surface area contributed by atoms with Crippen molar-refractivity contribution in [3.05, 3.63) is 58.5 Å². The standard InChI is InChI=1S/C20H16F3NO3S2/c1-11(12-7-8-15(26-2)16(9-12)27-3)17-18(25)24(19(28)29-17)14-6-4-5-13(10-14)20(21,22)23/h4-10H,1-3H3/b17-11-. The fourth-order valence-electron chi connectivity index (χ4n) is 2.84. The molecule has 0 radical (unpaired) electrons. The van der Waals surface area contributed by atoms with Crippen molar-refractivity contribution in [3.8, 4) is 11.5 Å². The summed E-state index contributed by atoms with van der Waals surface area (Å²) in [6.45, 7) is 1.75. The second-order valence-corrected chi connectivity index (χ2v) is 7.72. The highest BCUT2D eigenvalue weighted by atomic mass is 32.2. The van der Waals surface area contributed by atoms with Crippen LogP contribution in [-0.2, 0) is 11.0 Å². The summed E-state index contributed by atoms with van der Waals surface area (Å²) in [6, 6.07) is 9.76. The van der Waals surface area contributed by atoms with Gasteiger partial charge in [-0.1, -0.05) is 36.1 Å². The first-order valence-electron chi connectivity index (χ1n) is 8.34. The maximum atomic E-state index is 13.0. The van der Waals surface area contributed by atoms with Crippen LogP contribution in [0.25, 0.3) is 5.57 Å². The highest BCUT2D eigenvalue weighted by molar-refractivity contribution is 8.27. The van der Waals surface area contributed by atoms with E-state index in [0.717, 1.165) is 28.8 Å². The molecule has 0 aromatic heterocycles. The number of thioether (sulfide) groups is 1. The minimum Gasteiger partial charge on any atom is -0.493 e. The van der Waals surface area contributed by atoms with Gasteiger partial charge >= 0.3 is 6.18 Å². The Labute approximate surface area is 175 Å². The number of anilines is 1. The zero-order chi connectivity index (χ0) is 21.3. The predicted molar refractivity (Wildman–Crippen MR) is 111 cm³/mol. The molecule has 0 aliphatic carbocycles. The average molecular weight is 439 g/mol. The van der Waals surface area contributed by atoms with E-state index in [1.165, 1.54) is 26.4 Å². The number of ether oxygens (including phenoxy) is 2. The quantitative estimate of drug-likeness (QED) is 0.463. The fourth-order valence-corrected chi connectivity index (χ4v) is 4.18. The molecule has 0 bridgehead atoms. The van der Waals surface area contributed by atoms with E-state index in [2.05, 4.69) is 0 Å². The smallest absolute Gasteiger partial charge is 0.416 e. The van der Waals surface area contributed by atoms with Crippen molar-refractivity contribution in [1.29, 1.82) is 0 Å². The number of amides is 1. The molecule has 4 nitrogen and oxygen atoms in total. The number of nitrogens with zero attached hydrogens (tertiary/aromatic N) is 1. The van der Waals surface area contributed by atoms with Gasteiger partial charge in [-0.15, -0.1) is 0 Å². The first kappa shape index (κ1) is 21.2. The van der Waals surface area contributed by atoms with E-state index in [1.54, 1.807) is 25.1 Å². The minimum atomic E-state index is -4.51. The Balaban J connectivity index is 2.00. The predicted octanol–water partition coefficient (Wildman–Crippen LogP) is 5.52. The van der Waals surface area contributed by atoms with Crippen LogP contribution in [0.5, 0.6) is 11.5 Å². The molecule has 0 spiro atoms. The molecule has 0 saturated carbocycles. The number of allylic oxidation sites excluding steroid dienone is 1. The summed E-state index contributed by atoms with van der Waals surface area (Å²) in [7, 11) is 3.02. The average Bonchev–Trinajstić information content (AvgIpc) is 3.00. The molecular formula is C20H16F3NO3S2. The van der Waals surface area contributed by atoms with E-state index >= 15 is 0 Å². The SMILES string of the molecule is COc1ccc(/C(C)=C2\SC(=S)N(c3cccc(C(F)(F)F)c3)C2=O)cc1OC. The van der Waals surface area contributed by atoms with E-state index < -0.39 is 17.6 Å². The van der Waals surface area contributed by atoms with Crippen LogP contribution in [0.3, 0.4) is 0 Å². The van der Waals surface area contributed by atoms with Gasteiger partial charge in [-0.25, -0.2) is 0 Å². The van der Waals surface area contributed by atoms with Crippen molar-refractivity contribution < 1.29 is 27.4 Å². The monoisotopic (exact) mass is 439 g/mol. The Hall–Kier alpha value is -2.52. The molecule has 9 heteroatoms. The maximum Gasteiger partial charge on any atom is 0.416 e. The molecule has 2 aromatic rings. The van der Waals surface area contributed by atoms with Crippen molar-refractivity contribution in [3.63, 3.8) is 0 Å². The van der Waals surface area contributed by atoms with Gasteiger partial charge in [0, 0.05) is 0 Å². The van der Waals surface area contributed by atoms with Crippen LogP contribution in [0.15, 0.2) is 47.4 Å². The van der Waals surface area contributed by atoms with E-state index in [1.807, 2.05) is 0 Å². The molecule has 1 fully saturated rings. The number of rotatable bonds is 4. The number of methoxy groups -OCH3 is 2. The Bertz CT molecular complexity index is 1020. The van der Waals surface area contributed by atoms with E-state index in [9.17, 15) is 18.0 Å². The van der Waals surface area contributed by atoms with Gasteiger partial charge in [0.2, 0.25) is 0 Å². The van der Waals surface area contributed by atoms with Gasteiger partial charge in [0.15, 0.2) is 15.8 Å². The molecule has 1 aliphatic rings. The number of carbonyl (C=O) groups is 1. The summed E-state index contributed by atoms with van der Waals surface area (Å²) >= 11 is 6.33. The van der Waals surface area contributed by atoms with Crippen LogP contribution in [0.1, 0.15) is 18.1 Å². The van der Waals surface area contributed by atoms with Gasteiger partial charge in [0.25, 0.3) is 5.91 Å². The zero-order valence-corrected chi connectivity index (χ0v) is 17.3. The number of halogens is 3. The lowest BCUT2D eigenvalue weighted by Crippen LogP contribution is -2.28. The van der Waals surface area contributed by atoms with Gasteiger partial charge in [0.1, 0.15) is 0 Å². The lowest BCUT2D eigenvalue weighted by Gasteiger charge is -2.16. The Kier molecular flexibility index (Phi) is 5.90. The molecule has 2 aromatic carbocycles. The maximum absolute atomic E-state index is 13.0. The van der Waals surface area contributed by atoms with Crippen molar-refractivity contribution in [1.82, 2.24) is 0 Å². The van der Waals surface area contributed by atoms with E-state index in [-0.39, 0.29) is 10.0 Å². The number of hydrogen-bond donors (Lipinski definition) is 0. The summed E-state index contributed by atoms with van der Waals surface area (Å²) in [5.74, 6) is 0.574. The van der Waals surface area contributed by atoms with Crippen LogP contribution in [0.4, 0.5) is 18.9 Å². The Morgan fingerprint density at radius 2 is 1.76 bits per heavy atom. The van der Waals surface area contributed by atoms with Crippen molar-refractivity contribution in [2.75, 3.05) is 19.1 Å². The molecule has 1 saturated heterocycles. The minimum absolute atomic E-state index is 0.0810. The summed E-state index contributed by atoms with van der Waals surface area (Å²) in [4.78, 5) is 14.5. The molecular weight excluding hydrogens is 423 g/mol. The number of alkyl halides is 3. The zero-order valence-electron chi connectivity index (χ0n) is 15.7. The number of hydrogen-bond acceptors (Lipinski definition) is 5. The second kappa shape index (κ2) is 8.08. The molecule has 0 atom stereocenters. The number of thiocarbonyl (C=S) groups is 1. The van der Waals surface area contributed by atoms with Crippen molar-refractivity contribution in [2.45, 2.75) is 13.1 Å². The van der Waals surface area contributed by atoms with Crippen molar-refractivity contribution in [2.24, 2.45) is 0 Å². The number of benzene rings is 2. The molecule has 1 amide bonds. The highest BCUT2D eigenvalue weighted by Gasteiger charge is 2.37.